The monoisotopic (exact) mass is 348 g/mol. The van der Waals surface area contributed by atoms with Gasteiger partial charge in [0.15, 0.2) is 0 Å². The van der Waals surface area contributed by atoms with E-state index in [4.69, 9.17) is 4.98 Å². The molecule has 0 amide bonds. The number of rotatable bonds is 2. The number of hydrogen-bond acceptors (Lipinski definition) is 5. The van der Waals surface area contributed by atoms with Crippen molar-refractivity contribution < 1.29 is 4.92 Å². The highest BCUT2D eigenvalue weighted by Crippen LogP contribution is 2.37. The van der Waals surface area contributed by atoms with Gasteiger partial charge < -0.3 is 0 Å². The number of nitro benzene ring substituents is 1. The topological polar surface area (TPSA) is 73.8 Å². The van der Waals surface area contributed by atoms with E-state index in [-0.39, 0.29) is 5.69 Å². The Bertz CT molecular complexity index is 1150. The van der Waals surface area contributed by atoms with Crippen LogP contribution in [-0.4, -0.2) is 19.7 Å². The SMILES string of the molecule is O=[N+]([O-])c1ccc2c(cnn2-c2nc3c(s2)CCc2ccccc2-3)c1. The van der Waals surface area contributed by atoms with Gasteiger partial charge in [-0.2, -0.15) is 5.10 Å². The Morgan fingerprint density at radius 2 is 2.04 bits per heavy atom. The number of fused-ring (bicyclic) bond motifs is 4. The molecule has 5 rings (SSSR count). The molecule has 2 heterocycles. The van der Waals surface area contributed by atoms with Gasteiger partial charge in [0.1, 0.15) is 0 Å². The van der Waals surface area contributed by atoms with Crippen LogP contribution < -0.4 is 0 Å². The van der Waals surface area contributed by atoms with Crippen LogP contribution >= 0.6 is 11.3 Å². The largest absolute Gasteiger partial charge is 0.270 e. The van der Waals surface area contributed by atoms with E-state index in [1.165, 1.54) is 22.1 Å². The molecule has 7 heteroatoms. The van der Waals surface area contributed by atoms with Crippen molar-refractivity contribution in [3.8, 4) is 16.4 Å². The van der Waals surface area contributed by atoms with Crippen LogP contribution in [0.1, 0.15) is 10.4 Å². The first-order valence-corrected chi connectivity index (χ1v) is 8.73. The van der Waals surface area contributed by atoms with Crippen LogP contribution in [0.2, 0.25) is 0 Å². The van der Waals surface area contributed by atoms with Crippen molar-refractivity contribution in [3.05, 3.63) is 69.2 Å². The molecule has 4 aromatic rings. The smallest absolute Gasteiger partial charge is 0.258 e. The summed E-state index contributed by atoms with van der Waals surface area (Å²) in [5, 5.41) is 16.9. The molecule has 25 heavy (non-hydrogen) atoms. The molecule has 6 nitrogen and oxygen atoms in total. The van der Waals surface area contributed by atoms with Gasteiger partial charge in [-0.05, 0) is 24.5 Å². The molecular weight excluding hydrogens is 336 g/mol. The summed E-state index contributed by atoms with van der Waals surface area (Å²) < 4.78 is 1.77. The maximum absolute atomic E-state index is 10.9. The van der Waals surface area contributed by atoms with E-state index in [1.54, 1.807) is 34.3 Å². The first-order valence-electron chi connectivity index (χ1n) is 7.91. The molecule has 0 atom stereocenters. The third-order valence-electron chi connectivity index (χ3n) is 4.52. The summed E-state index contributed by atoms with van der Waals surface area (Å²) in [5.74, 6) is 0. The van der Waals surface area contributed by atoms with E-state index < -0.39 is 4.92 Å². The fourth-order valence-corrected chi connectivity index (χ4v) is 4.36. The molecule has 0 saturated carbocycles. The van der Waals surface area contributed by atoms with Crippen LogP contribution in [0.3, 0.4) is 0 Å². The lowest BCUT2D eigenvalue weighted by molar-refractivity contribution is -0.384. The van der Waals surface area contributed by atoms with Gasteiger partial charge >= 0.3 is 0 Å². The van der Waals surface area contributed by atoms with Crippen LogP contribution in [0.25, 0.3) is 27.3 Å². The summed E-state index contributed by atoms with van der Waals surface area (Å²) in [4.78, 5) is 16.6. The standard InChI is InChI=1S/C18H12N4O2S/c23-22(24)13-6-7-15-12(9-13)10-19-21(15)18-20-17-14-4-2-1-3-11(14)5-8-16(17)25-18/h1-4,6-7,9-10H,5,8H2. The molecule has 0 N–H and O–H groups in total. The van der Waals surface area contributed by atoms with Crippen LogP contribution in [0, 0.1) is 10.1 Å². The highest BCUT2D eigenvalue weighted by molar-refractivity contribution is 7.14. The normalized spacial score (nSPS) is 12.8. The minimum absolute atomic E-state index is 0.0689. The van der Waals surface area contributed by atoms with Crippen molar-refractivity contribution in [2.45, 2.75) is 12.8 Å². The van der Waals surface area contributed by atoms with Gasteiger partial charge in [-0.1, -0.05) is 35.6 Å². The van der Waals surface area contributed by atoms with E-state index in [2.05, 4.69) is 23.3 Å². The summed E-state index contributed by atoms with van der Waals surface area (Å²) >= 11 is 1.64. The number of nitrogens with zero attached hydrogens (tertiary/aromatic N) is 4. The number of benzene rings is 2. The molecule has 0 spiro atoms. The second kappa shape index (κ2) is 5.22. The van der Waals surface area contributed by atoms with E-state index in [9.17, 15) is 10.1 Å². The predicted molar refractivity (Wildman–Crippen MR) is 96.2 cm³/mol. The van der Waals surface area contributed by atoms with Gasteiger partial charge in [-0.25, -0.2) is 9.67 Å². The second-order valence-corrected chi connectivity index (χ2v) is 7.04. The molecule has 2 aromatic heterocycles. The Balaban J connectivity index is 1.65. The number of aromatic nitrogens is 3. The summed E-state index contributed by atoms with van der Waals surface area (Å²) in [7, 11) is 0. The van der Waals surface area contributed by atoms with E-state index in [0.717, 1.165) is 34.6 Å². The van der Waals surface area contributed by atoms with Gasteiger partial charge in [0.2, 0.25) is 5.13 Å². The summed E-state index contributed by atoms with van der Waals surface area (Å²) in [6, 6.07) is 13.1. The Morgan fingerprint density at radius 1 is 1.16 bits per heavy atom. The minimum Gasteiger partial charge on any atom is -0.258 e. The third kappa shape index (κ3) is 2.16. The highest BCUT2D eigenvalue weighted by atomic mass is 32.1. The van der Waals surface area contributed by atoms with Crippen molar-refractivity contribution in [3.63, 3.8) is 0 Å². The maximum Gasteiger partial charge on any atom is 0.270 e. The summed E-state index contributed by atoms with van der Waals surface area (Å²) in [6.45, 7) is 0. The van der Waals surface area contributed by atoms with Crippen molar-refractivity contribution in [2.75, 3.05) is 0 Å². The Labute approximate surface area is 146 Å². The molecule has 0 fully saturated rings. The van der Waals surface area contributed by atoms with E-state index in [0.29, 0.717) is 0 Å². The van der Waals surface area contributed by atoms with Crippen LogP contribution in [0.5, 0.6) is 0 Å². The zero-order valence-electron chi connectivity index (χ0n) is 13.0. The average molecular weight is 348 g/mol. The molecule has 0 radical (unpaired) electrons. The van der Waals surface area contributed by atoms with Crippen molar-refractivity contribution in [1.82, 2.24) is 14.8 Å². The molecule has 122 valence electrons. The number of hydrogen-bond donors (Lipinski definition) is 0. The first-order chi connectivity index (χ1) is 12.2. The van der Waals surface area contributed by atoms with Gasteiger partial charge in [-0.15, -0.1) is 0 Å². The van der Waals surface area contributed by atoms with Crippen molar-refractivity contribution in [2.24, 2.45) is 0 Å². The van der Waals surface area contributed by atoms with Crippen LogP contribution in [0.15, 0.2) is 48.7 Å². The first kappa shape index (κ1) is 14.3. The van der Waals surface area contributed by atoms with Crippen molar-refractivity contribution >= 4 is 27.9 Å². The molecule has 0 aliphatic heterocycles. The summed E-state index contributed by atoms with van der Waals surface area (Å²) in [6.07, 6.45) is 3.65. The Morgan fingerprint density at radius 3 is 2.92 bits per heavy atom. The molecule has 0 bridgehead atoms. The molecule has 2 aromatic carbocycles. The zero-order chi connectivity index (χ0) is 17.0. The highest BCUT2D eigenvalue weighted by Gasteiger charge is 2.22. The summed E-state index contributed by atoms with van der Waals surface area (Å²) in [5.41, 5.74) is 4.45. The lowest BCUT2D eigenvalue weighted by Crippen LogP contribution is -2.01. The van der Waals surface area contributed by atoms with Crippen LogP contribution in [0.4, 0.5) is 5.69 Å². The predicted octanol–water partition coefficient (Wildman–Crippen LogP) is 4.16. The second-order valence-electron chi connectivity index (χ2n) is 5.98. The zero-order valence-corrected chi connectivity index (χ0v) is 13.9. The molecule has 1 aliphatic rings. The van der Waals surface area contributed by atoms with Crippen molar-refractivity contribution in [1.29, 1.82) is 0 Å². The molecular formula is C18H12N4O2S. The lowest BCUT2D eigenvalue weighted by Gasteiger charge is -2.13. The quantitative estimate of drug-likeness (QED) is 0.403. The number of nitro groups is 1. The minimum atomic E-state index is -0.393. The lowest BCUT2D eigenvalue weighted by atomic mass is 9.94. The Hall–Kier alpha value is -3.06. The van der Waals surface area contributed by atoms with Crippen LogP contribution in [-0.2, 0) is 12.8 Å². The molecule has 0 saturated heterocycles. The van der Waals surface area contributed by atoms with Gasteiger partial charge in [0.25, 0.3) is 5.69 Å². The van der Waals surface area contributed by atoms with E-state index in [1.807, 2.05) is 6.07 Å². The van der Waals surface area contributed by atoms with Gasteiger partial charge in [-0.3, -0.25) is 10.1 Å². The Kier molecular flexibility index (Phi) is 2.98. The van der Waals surface area contributed by atoms with E-state index >= 15 is 0 Å². The molecule has 0 unspecified atom stereocenters. The number of non-ortho nitro benzene ring substituents is 1. The van der Waals surface area contributed by atoms with Gasteiger partial charge in [0, 0.05) is 28.0 Å². The maximum atomic E-state index is 10.9. The van der Waals surface area contributed by atoms with Gasteiger partial charge in [0.05, 0.1) is 22.3 Å². The number of thiazole rings is 1. The fourth-order valence-electron chi connectivity index (χ4n) is 3.31. The molecule has 1 aliphatic carbocycles. The average Bonchev–Trinajstić information content (AvgIpc) is 3.24. The number of aryl methyl sites for hydroxylation is 2. The third-order valence-corrected chi connectivity index (χ3v) is 5.61. The fraction of sp³-hybridized carbons (Fsp3) is 0.111.